The van der Waals surface area contributed by atoms with Gasteiger partial charge in [-0.05, 0) is 36.0 Å². The highest BCUT2D eigenvalue weighted by molar-refractivity contribution is 7.17. The molecule has 30 heavy (non-hydrogen) atoms. The number of aromatic nitrogens is 2. The van der Waals surface area contributed by atoms with Crippen LogP contribution in [0.1, 0.15) is 29.5 Å². The molecule has 0 aliphatic carbocycles. The number of thiazole rings is 2. The van der Waals surface area contributed by atoms with Gasteiger partial charge in [0.1, 0.15) is 5.82 Å². The molecule has 2 aromatic carbocycles. The summed E-state index contributed by atoms with van der Waals surface area (Å²) in [4.78, 5) is 23.3. The third kappa shape index (κ3) is 3.45. The Bertz CT molecular complexity index is 1250. The lowest BCUT2D eigenvalue weighted by Crippen LogP contribution is -2.34. The van der Waals surface area contributed by atoms with Gasteiger partial charge in [0.05, 0.1) is 21.8 Å². The first-order valence-corrected chi connectivity index (χ1v) is 11.4. The Morgan fingerprint density at radius 2 is 2.07 bits per heavy atom. The number of hydrogen-bond donors (Lipinski definition) is 1. The topological polar surface area (TPSA) is 58.1 Å². The van der Waals surface area contributed by atoms with Gasteiger partial charge in [-0.3, -0.25) is 5.32 Å². The molecule has 1 atom stereocenters. The van der Waals surface area contributed by atoms with Crippen molar-refractivity contribution in [2.24, 2.45) is 0 Å². The minimum Gasteiger partial charge on any atom is -0.317 e. The van der Waals surface area contributed by atoms with Crippen molar-refractivity contribution in [3.8, 4) is 23.5 Å². The van der Waals surface area contributed by atoms with Crippen molar-refractivity contribution >= 4 is 44.7 Å². The summed E-state index contributed by atoms with van der Waals surface area (Å²) in [6.07, 6.45) is 7.29. The molecule has 0 radical (unpaired) electrons. The Hall–Kier alpha value is -3.21. The Morgan fingerprint density at radius 1 is 1.20 bits per heavy atom. The Morgan fingerprint density at radius 3 is 2.87 bits per heavy atom. The summed E-state index contributed by atoms with van der Waals surface area (Å²) in [5.41, 5.74) is 6.40. The zero-order valence-electron chi connectivity index (χ0n) is 16.0. The largest absolute Gasteiger partial charge is 0.323 e. The molecule has 0 saturated carbocycles. The number of rotatable bonds is 3. The van der Waals surface area contributed by atoms with E-state index in [1.165, 1.54) is 21.6 Å². The Kier molecular flexibility index (Phi) is 4.95. The van der Waals surface area contributed by atoms with Crippen molar-refractivity contribution in [2.75, 3.05) is 11.9 Å². The average Bonchev–Trinajstić information content (AvgIpc) is 3.53. The van der Waals surface area contributed by atoms with Crippen molar-refractivity contribution in [1.82, 2.24) is 14.9 Å². The van der Waals surface area contributed by atoms with Gasteiger partial charge in [-0.1, -0.05) is 36.4 Å². The molecule has 5 nitrogen and oxygen atoms in total. The molecule has 7 heteroatoms. The van der Waals surface area contributed by atoms with E-state index >= 15 is 0 Å². The smallest absolute Gasteiger partial charge is 0.317 e. The SMILES string of the molecule is C#Cc1nc(NC(=O)N2CCCC2c2ccc(-c3cccc4ncsc34)cc2)cs1. The summed E-state index contributed by atoms with van der Waals surface area (Å²) < 4.78 is 1.20. The van der Waals surface area contributed by atoms with Gasteiger partial charge in [0, 0.05) is 17.5 Å². The van der Waals surface area contributed by atoms with Gasteiger partial charge < -0.3 is 4.90 Å². The number of nitrogens with one attached hydrogen (secondary N) is 1. The minimum absolute atomic E-state index is 0.0592. The molecular weight excluding hydrogens is 412 g/mol. The van der Waals surface area contributed by atoms with Gasteiger partial charge >= 0.3 is 6.03 Å². The second-order valence-corrected chi connectivity index (χ2v) is 8.80. The van der Waals surface area contributed by atoms with E-state index in [0.29, 0.717) is 10.8 Å². The van der Waals surface area contributed by atoms with E-state index in [1.807, 2.05) is 22.5 Å². The number of anilines is 1. The quantitative estimate of drug-likeness (QED) is 0.420. The molecule has 5 rings (SSSR count). The van der Waals surface area contributed by atoms with Crippen LogP contribution in [0.15, 0.2) is 53.4 Å². The molecule has 1 N–H and O–H groups in total. The van der Waals surface area contributed by atoms with E-state index in [9.17, 15) is 4.79 Å². The lowest BCUT2D eigenvalue weighted by Gasteiger charge is -2.25. The number of urea groups is 1. The maximum atomic E-state index is 12.8. The second-order valence-electron chi connectivity index (χ2n) is 7.09. The van der Waals surface area contributed by atoms with Crippen molar-refractivity contribution in [3.05, 3.63) is 63.9 Å². The number of amides is 2. The van der Waals surface area contributed by atoms with Gasteiger partial charge in [0.25, 0.3) is 0 Å². The summed E-state index contributed by atoms with van der Waals surface area (Å²) >= 11 is 3.01. The van der Waals surface area contributed by atoms with Crippen molar-refractivity contribution in [1.29, 1.82) is 0 Å². The number of carbonyl (C=O) groups excluding carboxylic acids is 1. The lowest BCUT2D eigenvalue weighted by molar-refractivity contribution is 0.207. The van der Waals surface area contributed by atoms with Crippen LogP contribution in [0.4, 0.5) is 10.6 Å². The zero-order valence-corrected chi connectivity index (χ0v) is 17.7. The van der Waals surface area contributed by atoms with Crippen LogP contribution in [0.3, 0.4) is 0 Å². The van der Waals surface area contributed by atoms with Crippen LogP contribution >= 0.6 is 22.7 Å². The first kappa shape index (κ1) is 18.8. The first-order chi connectivity index (χ1) is 14.7. The van der Waals surface area contributed by atoms with E-state index in [2.05, 4.69) is 51.5 Å². The fraction of sp³-hybridized carbons (Fsp3) is 0.174. The molecule has 1 aliphatic rings. The highest BCUT2D eigenvalue weighted by Gasteiger charge is 2.30. The molecule has 2 aromatic heterocycles. The van der Waals surface area contributed by atoms with Crippen LogP contribution in [-0.4, -0.2) is 27.4 Å². The molecule has 4 aromatic rings. The van der Waals surface area contributed by atoms with E-state index < -0.39 is 0 Å². The molecule has 1 unspecified atom stereocenters. The van der Waals surface area contributed by atoms with Gasteiger partial charge in [-0.15, -0.1) is 29.1 Å². The maximum Gasteiger partial charge on any atom is 0.323 e. The van der Waals surface area contributed by atoms with Crippen LogP contribution in [0.5, 0.6) is 0 Å². The van der Waals surface area contributed by atoms with Crippen LogP contribution in [0, 0.1) is 12.3 Å². The second kappa shape index (κ2) is 7.90. The van der Waals surface area contributed by atoms with Gasteiger partial charge in [-0.25, -0.2) is 14.8 Å². The molecule has 1 fully saturated rings. The zero-order chi connectivity index (χ0) is 20.5. The number of carbonyl (C=O) groups is 1. The summed E-state index contributed by atoms with van der Waals surface area (Å²) in [5, 5.41) is 5.21. The van der Waals surface area contributed by atoms with Crippen LogP contribution in [0.25, 0.3) is 21.3 Å². The number of fused-ring (bicyclic) bond motifs is 1. The predicted octanol–water partition coefficient (Wildman–Crippen LogP) is 5.77. The predicted molar refractivity (Wildman–Crippen MR) is 123 cm³/mol. The summed E-state index contributed by atoms with van der Waals surface area (Å²) in [7, 11) is 0. The van der Waals surface area contributed by atoms with Gasteiger partial charge in [0.2, 0.25) is 0 Å². The number of terminal acetylenes is 1. The third-order valence-corrected chi connectivity index (χ3v) is 6.99. The van der Waals surface area contributed by atoms with Crippen LogP contribution < -0.4 is 5.32 Å². The molecule has 148 valence electrons. The molecule has 1 saturated heterocycles. The highest BCUT2D eigenvalue weighted by Crippen LogP contribution is 2.35. The summed E-state index contributed by atoms with van der Waals surface area (Å²) in [6, 6.07) is 14.7. The Balaban J connectivity index is 1.36. The fourth-order valence-electron chi connectivity index (χ4n) is 3.93. The Labute approximate surface area is 182 Å². The third-order valence-electron chi connectivity index (χ3n) is 5.34. The van der Waals surface area contributed by atoms with E-state index in [0.717, 1.165) is 36.0 Å². The maximum absolute atomic E-state index is 12.8. The van der Waals surface area contributed by atoms with Crippen molar-refractivity contribution in [2.45, 2.75) is 18.9 Å². The van der Waals surface area contributed by atoms with Crippen molar-refractivity contribution < 1.29 is 4.79 Å². The highest BCUT2D eigenvalue weighted by atomic mass is 32.1. The summed E-state index contributed by atoms with van der Waals surface area (Å²) in [6.45, 7) is 0.727. The fourth-order valence-corrected chi connectivity index (χ4v) is 5.31. The number of hydrogen-bond acceptors (Lipinski definition) is 5. The number of benzene rings is 2. The molecule has 3 heterocycles. The van der Waals surface area contributed by atoms with E-state index in [4.69, 9.17) is 6.42 Å². The minimum atomic E-state index is -0.134. The summed E-state index contributed by atoms with van der Waals surface area (Å²) in [5.74, 6) is 3.00. The normalized spacial score (nSPS) is 16.0. The monoisotopic (exact) mass is 430 g/mol. The standard InChI is InChI=1S/C23H18N4OS2/c1-2-21-25-20(13-29-21)26-23(28)27-12-4-7-19(27)16-10-8-15(9-11-16)17-5-3-6-18-22(17)30-14-24-18/h1,3,5-6,8-11,13-14,19H,4,7,12H2,(H,26,28). The van der Waals surface area contributed by atoms with Gasteiger partial charge in [0.15, 0.2) is 5.01 Å². The lowest BCUT2D eigenvalue weighted by atomic mass is 9.99. The molecular formula is C23H18N4OS2. The van der Waals surface area contributed by atoms with Gasteiger partial charge in [-0.2, -0.15) is 0 Å². The molecule has 0 spiro atoms. The molecule has 1 aliphatic heterocycles. The van der Waals surface area contributed by atoms with E-state index in [1.54, 1.807) is 16.7 Å². The number of nitrogens with zero attached hydrogens (tertiary/aromatic N) is 3. The number of likely N-dealkylation sites (tertiary alicyclic amines) is 1. The average molecular weight is 431 g/mol. The van der Waals surface area contributed by atoms with E-state index in [-0.39, 0.29) is 12.1 Å². The van der Waals surface area contributed by atoms with Crippen LogP contribution in [0.2, 0.25) is 0 Å². The van der Waals surface area contributed by atoms with Crippen molar-refractivity contribution in [3.63, 3.8) is 0 Å². The first-order valence-electron chi connectivity index (χ1n) is 9.65. The van der Waals surface area contributed by atoms with Crippen LogP contribution in [-0.2, 0) is 0 Å². The molecule has 0 bridgehead atoms. The molecule has 2 amide bonds.